The Balaban J connectivity index is 1.59. The highest BCUT2D eigenvalue weighted by atomic mass is 16.5. The van der Waals surface area contributed by atoms with Gasteiger partial charge in [-0.15, -0.1) is 0 Å². The molecule has 0 spiro atoms. The van der Waals surface area contributed by atoms with Crippen molar-refractivity contribution in [1.82, 2.24) is 15.3 Å². The number of nitrogens with zero attached hydrogens (tertiary/aromatic N) is 3. The molecule has 1 aromatic heterocycles. The highest BCUT2D eigenvalue weighted by Gasteiger charge is 2.31. The van der Waals surface area contributed by atoms with Crippen molar-refractivity contribution in [3.63, 3.8) is 0 Å². The number of rotatable bonds is 8. The molecule has 0 aliphatic carbocycles. The highest BCUT2D eigenvalue weighted by Crippen LogP contribution is 2.24. The summed E-state index contributed by atoms with van der Waals surface area (Å²) in [6.07, 6.45) is 3.99. The molecule has 0 unspecified atom stereocenters. The van der Waals surface area contributed by atoms with Crippen LogP contribution in [0.5, 0.6) is 0 Å². The van der Waals surface area contributed by atoms with E-state index in [0.29, 0.717) is 25.4 Å². The normalized spacial score (nSPS) is 20.0. The molecule has 4 N–H and O–H groups in total. The van der Waals surface area contributed by atoms with Gasteiger partial charge in [0.25, 0.3) is 0 Å². The zero-order chi connectivity index (χ0) is 19.9. The molecule has 0 bridgehead atoms. The minimum absolute atomic E-state index is 0.165. The van der Waals surface area contributed by atoms with Crippen LogP contribution in [-0.4, -0.2) is 54.0 Å². The monoisotopic (exact) mass is 383 g/mol. The lowest BCUT2D eigenvalue weighted by Gasteiger charge is -2.25. The first-order valence-corrected chi connectivity index (χ1v) is 9.53. The summed E-state index contributed by atoms with van der Waals surface area (Å²) in [5.41, 5.74) is 9.37. The van der Waals surface area contributed by atoms with Crippen molar-refractivity contribution in [2.75, 3.05) is 37.4 Å². The third-order valence-corrected chi connectivity index (χ3v) is 4.90. The molecule has 7 nitrogen and oxygen atoms in total. The maximum absolute atomic E-state index is 10.1. The lowest BCUT2D eigenvalue weighted by molar-refractivity contribution is 0.184. The Kier molecular flexibility index (Phi) is 6.97. The van der Waals surface area contributed by atoms with E-state index < -0.39 is 0 Å². The molecule has 1 aromatic carbocycles. The Labute approximate surface area is 166 Å². The van der Waals surface area contributed by atoms with Crippen LogP contribution >= 0.6 is 0 Å². The third kappa shape index (κ3) is 5.28. The van der Waals surface area contributed by atoms with Gasteiger partial charge in [0.1, 0.15) is 18.0 Å². The van der Waals surface area contributed by atoms with Crippen LogP contribution in [0.25, 0.3) is 6.08 Å². The lowest BCUT2D eigenvalue weighted by atomic mass is 10.1. The van der Waals surface area contributed by atoms with Crippen LogP contribution in [0.2, 0.25) is 0 Å². The summed E-state index contributed by atoms with van der Waals surface area (Å²) in [4.78, 5) is 10.4. The van der Waals surface area contributed by atoms with Crippen LogP contribution < -0.4 is 16.0 Å². The number of ether oxygens (including phenoxy) is 1. The van der Waals surface area contributed by atoms with Gasteiger partial charge in [0.05, 0.1) is 12.7 Å². The largest absolute Gasteiger partial charge is 0.391 e. The Bertz CT molecular complexity index is 811. The van der Waals surface area contributed by atoms with Gasteiger partial charge in [-0.05, 0) is 24.5 Å². The quantitative estimate of drug-likeness (QED) is 0.640. The Hall–Kier alpha value is -2.48. The van der Waals surface area contributed by atoms with Gasteiger partial charge in [0.15, 0.2) is 0 Å². The molecule has 0 amide bonds. The Morgan fingerprint density at radius 2 is 2.21 bits per heavy atom. The van der Waals surface area contributed by atoms with E-state index >= 15 is 0 Å². The first-order valence-electron chi connectivity index (χ1n) is 9.53. The molecule has 1 aliphatic heterocycles. The topological polar surface area (TPSA) is 96.5 Å². The predicted molar refractivity (Wildman–Crippen MR) is 112 cm³/mol. The third-order valence-electron chi connectivity index (χ3n) is 4.90. The van der Waals surface area contributed by atoms with Crippen LogP contribution in [0.4, 0.5) is 11.6 Å². The fraction of sp³-hybridized carbons (Fsp3) is 0.429. The summed E-state index contributed by atoms with van der Waals surface area (Å²) in [7, 11) is 1.71. The molecule has 2 heterocycles. The van der Waals surface area contributed by atoms with Gasteiger partial charge in [-0.25, -0.2) is 9.97 Å². The van der Waals surface area contributed by atoms with Crippen molar-refractivity contribution in [2.45, 2.75) is 32.1 Å². The van der Waals surface area contributed by atoms with Crippen molar-refractivity contribution in [1.29, 1.82) is 0 Å². The number of nitrogens with one attached hydrogen (secondary N) is 1. The molecule has 0 saturated carbocycles. The molecule has 1 aliphatic rings. The number of methoxy groups -OCH3 is 1. The summed E-state index contributed by atoms with van der Waals surface area (Å²) < 4.78 is 5.28. The SMILES string of the molecule is COCc1ccccc1/C=C(\C)CNC[C@H]1C[C@@H](O)CN1c1cc(N)ncn1. The average molecular weight is 383 g/mol. The second kappa shape index (κ2) is 9.64. The number of benzene rings is 1. The minimum Gasteiger partial charge on any atom is -0.391 e. The number of nitrogens with two attached hydrogens (primary N) is 1. The van der Waals surface area contributed by atoms with Gasteiger partial charge < -0.3 is 25.8 Å². The van der Waals surface area contributed by atoms with Gasteiger partial charge in [-0.2, -0.15) is 0 Å². The number of aliphatic hydroxyl groups excluding tert-OH is 1. The number of hydrogen-bond donors (Lipinski definition) is 3. The average Bonchev–Trinajstić information content (AvgIpc) is 3.04. The maximum Gasteiger partial charge on any atom is 0.134 e. The second-order valence-corrected chi connectivity index (χ2v) is 7.25. The first kappa shape index (κ1) is 20.3. The van der Waals surface area contributed by atoms with E-state index in [0.717, 1.165) is 18.9 Å². The molecule has 7 heteroatoms. The van der Waals surface area contributed by atoms with Crippen LogP contribution in [-0.2, 0) is 11.3 Å². The summed E-state index contributed by atoms with van der Waals surface area (Å²) in [5, 5.41) is 13.6. The van der Waals surface area contributed by atoms with E-state index in [1.165, 1.54) is 23.0 Å². The Morgan fingerprint density at radius 3 is 3.00 bits per heavy atom. The van der Waals surface area contributed by atoms with Gasteiger partial charge in [-0.1, -0.05) is 35.9 Å². The molecule has 1 saturated heterocycles. The van der Waals surface area contributed by atoms with E-state index in [4.69, 9.17) is 10.5 Å². The molecular weight excluding hydrogens is 354 g/mol. The fourth-order valence-corrected chi connectivity index (χ4v) is 3.60. The maximum atomic E-state index is 10.1. The van der Waals surface area contributed by atoms with E-state index in [9.17, 15) is 5.11 Å². The standard InChI is InChI=1S/C21H29N5O2/c1-15(7-16-5-3-4-6-17(16)13-28-2)10-23-11-18-8-19(27)12-26(18)21-9-20(22)24-14-25-21/h3-7,9,14,18-19,23,27H,8,10-13H2,1-2H3,(H2,22,24,25)/b15-7+/t18-,19-/m1/s1. The van der Waals surface area contributed by atoms with Crippen LogP contribution in [0, 0.1) is 0 Å². The van der Waals surface area contributed by atoms with Crippen molar-refractivity contribution < 1.29 is 9.84 Å². The number of nitrogen functional groups attached to an aromatic ring is 1. The fourth-order valence-electron chi connectivity index (χ4n) is 3.60. The number of aromatic nitrogens is 2. The minimum atomic E-state index is -0.361. The smallest absolute Gasteiger partial charge is 0.134 e. The van der Waals surface area contributed by atoms with Crippen molar-refractivity contribution in [2.24, 2.45) is 0 Å². The second-order valence-electron chi connectivity index (χ2n) is 7.25. The summed E-state index contributed by atoms with van der Waals surface area (Å²) in [6, 6.07) is 10.2. The van der Waals surface area contributed by atoms with Crippen molar-refractivity contribution >= 4 is 17.7 Å². The van der Waals surface area contributed by atoms with Gasteiger partial charge in [0.2, 0.25) is 0 Å². The molecule has 1 fully saturated rings. The number of aliphatic hydroxyl groups is 1. The summed E-state index contributed by atoms with van der Waals surface area (Å²) in [6.45, 7) is 4.80. The molecular formula is C21H29N5O2. The van der Waals surface area contributed by atoms with Crippen LogP contribution in [0.1, 0.15) is 24.5 Å². The number of anilines is 2. The molecule has 2 atom stereocenters. The summed E-state index contributed by atoms with van der Waals surface area (Å²) in [5.74, 6) is 1.20. The zero-order valence-electron chi connectivity index (χ0n) is 16.5. The van der Waals surface area contributed by atoms with Crippen LogP contribution in [0.3, 0.4) is 0 Å². The van der Waals surface area contributed by atoms with E-state index in [2.05, 4.69) is 45.3 Å². The number of hydrogen-bond acceptors (Lipinski definition) is 7. The van der Waals surface area contributed by atoms with E-state index in [1.807, 2.05) is 12.1 Å². The highest BCUT2D eigenvalue weighted by molar-refractivity contribution is 5.56. The zero-order valence-corrected chi connectivity index (χ0v) is 16.5. The molecule has 150 valence electrons. The molecule has 0 radical (unpaired) electrons. The van der Waals surface area contributed by atoms with E-state index in [1.54, 1.807) is 13.2 Å². The predicted octanol–water partition coefficient (Wildman–Crippen LogP) is 1.84. The number of β-amino-alcohol motifs (C(OH)–C–C–N with tert-alkyl or cyclic N) is 1. The van der Waals surface area contributed by atoms with Crippen LogP contribution in [0.15, 0.2) is 42.2 Å². The first-order chi connectivity index (χ1) is 13.6. The van der Waals surface area contributed by atoms with Crippen molar-refractivity contribution in [3.8, 4) is 0 Å². The molecule has 2 aromatic rings. The van der Waals surface area contributed by atoms with E-state index in [-0.39, 0.29) is 12.1 Å². The summed E-state index contributed by atoms with van der Waals surface area (Å²) >= 11 is 0. The molecule has 28 heavy (non-hydrogen) atoms. The molecule has 3 rings (SSSR count). The lowest BCUT2D eigenvalue weighted by Crippen LogP contribution is -2.39. The van der Waals surface area contributed by atoms with Gasteiger partial charge >= 0.3 is 0 Å². The van der Waals surface area contributed by atoms with Crippen molar-refractivity contribution in [3.05, 3.63) is 53.4 Å². The van der Waals surface area contributed by atoms with Gasteiger partial charge in [-0.3, -0.25) is 0 Å². The van der Waals surface area contributed by atoms with Gasteiger partial charge in [0, 0.05) is 38.9 Å². The Morgan fingerprint density at radius 1 is 1.39 bits per heavy atom.